The van der Waals surface area contributed by atoms with E-state index in [4.69, 9.17) is 14.2 Å². The van der Waals surface area contributed by atoms with Gasteiger partial charge in [0.15, 0.2) is 16.7 Å². The molecule has 3 rings (SSSR count). The van der Waals surface area contributed by atoms with Gasteiger partial charge in [0.05, 0.1) is 37.6 Å². The van der Waals surface area contributed by atoms with Gasteiger partial charge in [-0.1, -0.05) is 45.0 Å². The summed E-state index contributed by atoms with van der Waals surface area (Å²) >= 11 is 1.52. The zero-order valence-electron chi connectivity index (χ0n) is 19.5. The Bertz CT molecular complexity index is 925. The molecule has 8 heteroatoms. The second-order valence-electron chi connectivity index (χ2n) is 8.26. The van der Waals surface area contributed by atoms with Crippen LogP contribution in [-0.2, 0) is 14.3 Å². The van der Waals surface area contributed by atoms with Crippen LogP contribution in [0.2, 0.25) is 0 Å². The number of carbonyl (C=O) groups excluding carboxylic acids is 2. The molecule has 7 nitrogen and oxygen atoms in total. The van der Waals surface area contributed by atoms with Crippen LogP contribution in [0.25, 0.3) is 0 Å². The number of amides is 1. The topological polar surface area (TPSA) is 77.4 Å². The molecule has 2 heterocycles. The largest absolute Gasteiger partial charge is 0.493 e. The molecule has 174 valence electrons. The monoisotopic (exact) mass is 460 g/mol. The van der Waals surface area contributed by atoms with Crippen molar-refractivity contribution in [3.8, 4) is 11.5 Å². The van der Waals surface area contributed by atoms with Crippen molar-refractivity contribution >= 4 is 28.8 Å². The number of fused-ring (bicyclic) bond motifs is 1. The average Bonchev–Trinajstić information content (AvgIpc) is 2.77. The van der Waals surface area contributed by atoms with Crippen LogP contribution >= 0.6 is 11.8 Å². The predicted octanol–water partition coefficient (Wildman–Crippen LogP) is 4.72. The van der Waals surface area contributed by atoms with E-state index in [1.165, 1.54) is 11.8 Å². The second kappa shape index (κ2) is 10.9. The van der Waals surface area contributed by atoms with Gasteiger partial charge < -0.3 is 14.2 Å². The smallest absolute Gasteiger partial charge is 0.338 e. The van der Waals surface area contributed by atoms with Crippen molar-refractivity contribution in [3.63, 3.8) is 0 Å². The zero-order chi connectivity index (χ0) is 23.3. The first-order chi connectivity index (χ1) is 15.4. The van der Waals surface area contributed by atoms with Crippen LogP contribution in [0.15, 0.2) is 34.5 Å². The highest BCUT2D eigenvalue weighted by atomic mass is 32.2. The number of unbranched alkanes of at least 4 members (excludes halogenated alkanes) is 1. The van der Waals surface area contributed by atoms with Gasteiger partial charge in [-0.2, -0.15) is 0 Å². The van der Waals surface area contributed by atoms with Crippen molar-refractivity contribution in [2.45, 2.75) is 53.0 Å². The normalized spacial score (nSPS) is 18.4. The maximum absolute atomic E-state index is 13.1. The van der Waals surface area contributed by atoms with E-state index in [1.54, 1.807) is 18.9 Å². The first kappa shape index (κ1) is 24.2. The molecule has 1 aromatic carbocycles. The van der Waals surface area contributed by atoms with Crippen molar-refractivity contribution in [1.82, 2.24) is 4.90 Å². The number of benzene rings is 1. The van der Waals surface area contributed by atoms with Crippen LogP contribution in [0, 0.1) is 5.92 Å². The molecule has 1 aromatic rings. The lowest BCUT2D eigenvalue weighted by atomic mass is 9.93. The number of methoxy groups -OCH3 is 1. The van der Waals surface area contributed by atoms with E-state index < -0.39 is 12.0 Å². The van der Waals surface area contributed by atoms with Gasteiger partial charge in [-0.05, 0) is 37.0 Å². The molecule has 1 fully saturated rings. The minimum absolute atomic E-state index is 0.0589. The molecule has 1 atom stereocenters. The number of hydrogen-bond acceptors (Lipinski definition) is 7. The number of carbonyl (C=O) groups is 2. The molecule has 0 radical (unpaired) electrons. The van der Waals surface area contributed by atoms with Gasteiger partial charge in [-0.25, -0.2) is 9.79 Å². The van der Waals surface area contributed by atoms with E-state index in [9.17, 15) is 9.59 Å². The Morgan fingerprint density at radius 3 is 2.78 bits per heavy atom. The molecule has 0 aliphatic carbocycles. The van der Waals surface area contributed by atoms with E-state index >= 15 is 0 Å². The van der Waals surface area contributed by atoms with E-state index in [-0.39, 0.29) is 11.8 Å². The summed E-state index contributed by atoms with van der Waals surface area (Å²) < 4.78 is 17.0. The van der Waals surface area contributed by atoms with Crippen molar-refractivity contribution in [2.24, 2.45) is 10.9 Å². The van der Waals surface area contributed by atoms with Gasteiger partial charge in [-0.15, -0.1) is 0 Å². The summed E-state index contributed by atoms with van der Waals surface area (Å²) in [6.07, 6.45) is 2.37. The Kier molecular flexibility index (Phi) is 8.23. The molecule has 1 amide bonds. The Labute approximate surface area is 194 Å². The number of amidine groups is 1. The summed E-state index contributed by atoms with van der Waals surface area (Å²) in [6, 6.07) is 4.93. The molecular weight excluding hydrogens is 428 g/mol. The summed E-state index contributed by atoms with van der Waals surface area (Å²) in [5, 5.41) is 0.617. The summed E-state index contributed by atoms with van der Waals surface area (Å²) in [5.74, 6) is 1.57. The van der Waals surface area contributed by atoms with E-state index in [2.05, 4.69) is 11.9 Å². The highest BCUT2D eigenvalue weighted by Crippen LogP contribution is 2.42. The summed E-state index contributed by atoms with van der Waals surface area (Å²) in [5.41, 5.74) is 1.70. The maximum atomic E-state index is 13.1. The van der Waals surface area contributed by atoms with Crippen LogP contribution in [0.5, 0.6) is 11.5 Å². The third-order valence-corrected chi connectivity index (χ3v) is 6.19. The zero-order valence-corrected chi connectivity index (χ0v) is 20.3. The van der Waals surface area contributed by atoms with Gasteiger partial charge in [0.25, 0.3) is 0 Å². The van der Waals surface area contributed by atoms with E-state index in [0.29, 0.717) is 53.3 Å². The van der Waals surface area contributed by atoms with Crippen molar-refractivity contribution in [3.05, 3.63) is 35.0 Å². The quantitative estimate of drug-likeness (QED) is 0.392. The van der Waals surface area contributed by atoms with Gasteiger partial charge >= 0.3 is 5.97 Å². The van der Waals surface area contributed by atoms with Gasteiger partial charge in [-0.3, -0.25) is 9.69 Å². The molecule has 0 aromatic heterocycles. The lowest BCUT2D eigenvalue weighted by Crippen LogP contribution is -2.45. The molecule has 0 spiro atoms. The first-order valence-electron chi connectivity index (χ1n) is 11.1. The van der Waals surface area contributed by atoms with Gasteiger partial charge in [0.2, 0.25) is 5.91 Å². The third kappa shape index (κ3) is 5.28. The molecule has 2 aliphatic rings. The SMILES string of the molecule is CCCCOc1ccc([C@H]2C(C(=O)OCC(C)C)=C(C)N=C3SCCC(=O)N32)cc1OC. The van der Waals surface area contributed by atoms with Crippen LogP contribution in [0.3, 0.4) is 0 Å². The Morgan fingerprint density at radius 2 is 2.09 bits per heavy atom. The lowest BCUT2D eigenvalue weighted by Gasteiger charge is -2.39. The fraction of sp³-hybridized carbons (Fsp3) is 0.542. The summed E-state index contributed by atoms with van der Waals surface area (Å²) in [6.45, 7) is 8.76. The number of aliphatic imine (C=N–C) groups is 1. The van der Waals surface area contributed by atoms with Crippen molar-refractivity contribution in [2.75, 3.05) is 26.1 Å². The number of allylic oxidation sites excluding steroid dienone is 1. The number of hydrogen-bond donors (Lipinski definition) is 0. The molecule has 1 saturated heterocycles. The standard InChI is InChI=1S/C24H32N2O5S/c1-6-7-11-30-18-9-8-17(13-19(18)29-5)22-21(23(28)31-14-15(2)3)16(4)25-24-26(22)20(27)10-12-32-24/h8-9,13,15,22H,6-7,10-12,14H2,1-5H3/t22-/m0/s1. The molecular formula is C24H32N2O5S. The van der Waals surface area contributed by atoms with E-state index in [0.717, 1.165) is 18.4 Å². The van der Waals surface area contributed by atoms with Crippen LogP contribution in [-0.4, -0.2) is 48.0 Å². The number of nitrogens with zero attached hydrogens (tertiary/aromatic N) is 2. The number of rotatable bonds is 9. The van der Waals surface area contributed by atoms with E-state index in [1.807, 2.05) is 32.0 Å². The molecule has 0 unspecified atom stereocenters. The van der Waals surface area contributed by atoms with Crippen molar-refractivity contribution in [1.29, 1.82) is 0 Å². The number of thioether (sulfide) groups is 1. The minimum atomic E-state index is -0.624. The Morgan fingerprint density at radius 1 is 1.31 bits per heavy atom. The van der Waals surface area contributed by atoms with Crippen LogP contribution in [0.1, 0.15) is 58.6 Å². The average molecular weight is 461 g/mol. The highest BCUT2D eigenvalue weighted by molar-refractivity contribution is 8.14. The fourth-order valence-corrected chi connectivity index (χ4v) is 4.60. The molecule has 0 saturated carbocycles. The third-order valence-electron chi connectivity index (χ3n) is 5.23. The first-order valence-corrected chi connectivity index (χ1v) is 12.1. The van der Waals surface area contributed by atoms with Crippen molar-refractivity contribution < 1.29 is 23.8 Å². The minimum Gasteiger partial charge on any atom is -0.493 e. The molecule has 0 bridgehead atoms. The second-order valence-corrected chi connectivity index (χ2v) is 9.32. The Hall–Kier alpha value is -2.48. The van der Waals surface area contributed by atoms with Gasteiger partial charge in [0.1, 0.15) is 0 Å². The lowest BCUT2D eigenvalue weighted by molar-refractivity contribution is -0.141. The summed E-state index contributed by atoms with van der Waals surface area (Å²) in [4.78, 5) is 32.3. The highest BCUT2D eigenvalue weighted by Gasteiger charge is 2.42. The van der Waals surface area contributed by atoms with Crippen LogP contribution < -0.4 is 9.47 Å². The Balaban J connectivity index is 2.03. The molecule has 32 heavy (non-hydrogen) atoms. The predicted molar refractivity (Wildman–Crippen MR) is 126 cm³/mol. The maximum Gasteiger partial charge on any atom is 0.338 e. The number of esters is 1. The molecule has 0 N–H and O–H groups in total. The molecule has 2 aliphatic heterocycles. The van der Waals surface area contributed by atoms with Crippen LogP contribution in [0.4, 0.5) is 0 Å². The summed E-state index contributed by atoms with van der Waals surface area (Å²) in [7, 11) is 1.58. The fourth-order valence-electron chi connectivity index (χ4n) is 3.59. The number of ether oxygens (including phenoxy) is 3. The van der Waals surface area contributed by atoms with Gasteiger partial charge in [0, 0.05) is 12.2 Å².